The maximum absolute atomic E-state index is 13.5. The van der Waals surface area contributed by atoms with Gasteiger partial charge in [-0.25, -0.2) is 4.39 Å². The zero-order chi connectivity index (χ0) is 18.4. The van der Waals surface area contributed by atoms with E-state index in [1.165, 1.54) is 17.8 Å². The molecule has 0 aliphatic rings. The number of carbonyl (C=O) groups excluding carboxylic acids is 2. The third-order valence-electron chi connectivity index (χ3n) is 3.55. The van der Waals surface area contributed by atoms with Crippen LogP contribution in [-0.4, -0.2) is 31.2 Å². The first-order valence-electron chi connectivity index (χ1n) is 7.58. The van der Waals surface area contributed by atoms with E-state index in [0.29, 0.717) is 16.1 Å². The van der Waals surface area contributed by atoms with Gasteiger partial charge in [-0.05, 0) is 49.1 Å². The Labute approximate surface area is 155 Å². The number of aryl methyl sites for hydroxylation is 1. The molecule has 0 unspecified atom stereocenters. The highest BCUT2D eigenvalue weighted by Gasteiger charge is 2.11. The summed E-state index contributed by atoms with van der Waals surface area (Å²) in [5, 5.41) is 5.70. The fourth-order valence-corrected chi connectivity index (χ4v) is 2.73. The van der Waals surface area contributed by atoms with Gasteiger partial charge in [-0.15, -0.1) is 11.8 Å². The lowest BCUT2D eigenvalue weighted by Crippen LogP contribution is -2.34. The van der Waals surface area contributed by atoms with Crippen LogP contribution in [0.3, 0.4) is 0 Å². The molecule has 0 spiro atoms. The van der Waals surface area contributed by atoms with E-state index in [0.717, 1.165) is 4.90 Å². The summed E-state index contributed by atoms with van der Waals surface area (Å²) in [6, 6.07) is 9.53. The summed E-state index contributed by atoms with van der Waals surface area (Å²) in [4.78, 5) is 25.0. The quantitative estimate of drug-likeness (QED) is 0.593. The number of hydrogen-bond donors (Lipinski definition) is 2. The van der Waals surface area contributed by atoms with Crippen molar-refractivity contribution in [1.29, 1.82) is 0 Å². The summed E-state index contributed by atoms with van der Waals surface area (Å²) in [5.74, 6) is -1.13. The molecule has 7 heteroatoms. The molecule has 0 fully saturated rings. The molecule has 0 saturated heterocycles. The zero-order valence-corrected chi connectivity index (χ0v) is 15.4. The molecule has 0 bridgehead atoms. The summed E-state index contributed by atoms with van der Waals surface area (Å²) in [5.41, 5.74) is 1.11. The fourth-order valence-electron chi connectivity index (χ4n) is 2.09. The molecule has 0 saturated carbocycles. The normalized spacial score (nSPS) is 10.4. The van der Waals surface area contributed by atoms with Crippen molar-refractivity contribution in [3.8, 4) is 0 Å². The van der Waals surface area contributed by atoms with Gasteiger partial charge in [-0.2, -0.15) is 0 Å². The number of nitrogens with one attached hydrogen (secondary N) is 2. The Morgan fingerprint density at radius 3 is 2.40 bits per heavy atom. The first-order valence-corrected chi connectivity index (χ1v) is 9.18. The Morgan fingerprint density at radius 1 is 1.08 bits per heavy atom. The van der Waals surface area contributed by atoms with E-state index in [1.807, 2.05) is 12.3 Å². The molecule has 0 aliphatic heterocycles. The van der Waals surface area contributed by atoms with Crippen molar-refractivity contribution in [3.05, 3.63) is 63.9 Å². The van der Waals surface area contributed by atoms with Crippen LogP contribution in [0.4, 0.5) is 4.39 Å². The van der Waals surface area contributed by atoms with Gasteiger partial charge < -0.3 is 10.6 Å². The van der Waals surface area contributed by atoms with Crippen LogP contribution >= 0.6 is 23.4 Å². The van der Waals surface area contributed by atoms with Crippen molar-refractivity contribution < 1.29 is 14.0 Å². The summed E-state index contributed by atoms with van der Waals surface area (Å²) in [6.45, 7) is 2.09. The number of benzene rings is 2. The lowest BCUT2D eigenvalue weighted by Gasteiger charge is -2.09. The molecule has 2 aromatic rings. The Bertz CT molecular complexity index is 799. The SMILES string of the molecule is CSc1ccc(Cl)c(C(=O)NCCNC(=O)c2ccc(C)c(F)c2)c1. The molecule has 0 heterocycles. The minimum Gasteiger partial charge on any atom is -0.350 e. The number of halogens is 2. The highest BCUT2D eigenvalue weighted by molar-refractivity contribution is 7.98. The third kappa shape index (κ3) is 5.21. The number of carbonyl (C=O) groups is 2. The Morgan fingerprint density at radius 2 is 1.76 bits per heavy atom. The summed E-state index contributed by atoms with van der Waals surface area (Å²) in [7, 11) is 0. The molecular formula is C18H18ClFN2O2S. The molecule has 0 aromatic heterocycles. The van der Waals surface area contributed by atoms with Gasteiger partial charge in [-0.3, -0.25) is 9.59 Å². The molecule has 2 amide bonds. The Balaban J connectivity index is 1.85. The van der Waals surface area contributed by atoms with E-state index in [1.54, 1.807) is 31.2 Å². The zero-order valence-electron chi connectivity index (χ0n) is 13.9. The maximum atomic E-state index is 13.5. The number of thioether (sulfide) groups is 1. The molecule has 0 aliphatic carbocycles. The van der Waals surface area contributed by atoms with Gasteiger partial charge in [0.1, 0.15) is 5.82 Å². The average molecular weight is 381 g/mol. The highest BCUT2D eigenvalue weighted by Crippen LogP contribution is 2.22. The van der Waals surface area contributed by atoms with Gasteiger partial charge in [0.2, 0.25) is 0 Å². The van der Waals surface area contributed by atoms with Gasteiger partial charge in [0.15, 0.2) is 0 Å². The van der Waals surface area contributed by atoms with Crippen molar-refractivity contribution in [1.82, 2.24) is 10.6 Å². The molecule has 0 atom stereocenters. The van der Waals surface area contributed by atoms with Gasteiger partial charge in [0.25, 0.3) is 11.8 Å². The first kappa shape index (κ1) is 19.3. The van der Waals surface area contributed by atoms with E-state index < -0.39 is 11.7 Å². The molecule has 0 radical (unpaired) electrons. The minimum atomic E-state index is -0.427. The summed E-state index contributed by atoms with van der Waals surface area (Å²) >= 11 is 7.56. The molecule has 132 valence electrons. The smallest absolute Gasteiger partial charge is 0.252 e. The van der Waals surface area contributed by atoms with Crippen molar-refractivity contribution >= 4 is 35.2 Å². The first-order chi connectivity index (χ1) is 11.9. The van der Waals surface area contributed by atoms with Crippen molar-refractivity contribution in [2.45, 2.75) is 11.8 Å². The third-order valence-corrected chi connectivity index (χ3v) is 4.60. The lowest BCUT2D eigenvalue weighted by molar-refractivity contribution is 0.0927. The Hall–Kier alpha value is -2.05. The van der Waals surface area contributed by atoms with Crippen LogP contribution in [0.15, 0.2) is 41.3 Å². The standard InChI is InChI=1S/C18H18ClFN2O2S/c1-11-3-4-12(9-16(11)20)17(23)21-7-8-22-18(24)14-10-13(25-2)5-6-15(14)19/h3-6,9-10H,7-8H2,1-2H3,(H,21,23)(H,22,24). The van der Waals surface area contributed by atoms with Crippen LogP contribution in [0.5, 0.6) is 0 Å². The second-order valence-corrected chi connectivity index (χ2v) is 6.61. The molecule has 25 heavy (non-hydrogen) atoms. The topological polar surface area (TPSA) is 58.2 Å². The van der Waals surface area contributed by atoms with Gasteiger partial charge in [0.05, 0.1) is 10.6 Å². The van der Waals surface area contributed by atoms with Gasteiger partial charge in [0, 0.05) is 23.5 Å². The number of rotatable bonds is 6. The van der Waals surface area contributed by atoms with Crippen LogP contribution in [0.1, 0.15) is 26.3 Å². The van der Waals surface area contributed by atoms with Crippen molar-refractivity contribution in [2.24, 2.45) is 0 Å². The molecule has 2 aromatic carbocycles. The molecule has 2 rings (SSSR count). The number of hydrogen-bond acceptors (Lipinski definition) is 3. The van der Waals surface area contributed by atoms with E-state index in [4.69, 9.17) is 11.6 Å². The summed E-state index contributed by atoms with van der Waals surface area (Å²) in [6.07, 6.45) is 1.91. The minimum absolute atomic E-state index is 0.222. The fraction of sp³-hybridized carbons (Fsp3) is 0.222. The van der Waals surface area contributed by atoms with Crippen molar-refractivity contribution in [3.63, 3.8) is 0 Å². The van der Waals surface area contributed by atoms with Gasteiger partial charge in [-0.1, -0.05) is 17.7 Å². The maximum Gasteiger partial charge on any atom is 0.252 e. The highest BCUT2D eigenvalue weighted by atomic mass is 35.5. The van der Waals surface area contributed by atoms with Gasteiger partial charge >= 0.3 is 0 Å². The second kappa shape index (κ2) is 8.87. The van der Waals surface area contributed by atoms with E-state index >= 15 is 0 Å². The van der Waals surface area contributed by atoms with Crippen molar-refractivity contribution in [2.75, 3.05) is 19.3 Å². The van der Waals surface area contributed by atoms with Crippen LogP contribution in [-0.2, 0) is 0 Å². The largest absolute Gasteiger partial charge is 0.350 e. The predicted molar refractivity (Wildman–Crippen MR) is 99.0 cm³/mol. The van der Waals surface area contributed by atoms with Crippen LogP contribution in [0.25, 0.3) is 0 Å². The van der Waals surface area contributed by atoms with E-state index in [-0.39, 0.29) is 24.6 Å². The molecular weight excluding hydrogens is 363 g/mol. The summed E-state index contributed by atoms with van der Waals surface area (Å²) < 4.78 is 13.5. The lowest BCUT2D eigenvalue weighted by atomic mass is 10.1. The van der Waals surface area contributed by atoms with E-state index in [9.17, 15) is 14.0 Å². The van der Waals surface area contributed by atoms with Crippen LogP contribution in [0.2, 0.25) is 5.02 Å². The predicted octanol–water partition coefficient (Wildman–Crippen LogP) is 3.67. The van der Waals surface area contributed by atoms with E-state index in [2.05, 4.69) is 10.6 Å². The monoisotopic (exact) mass is 380 g/mol. The number of amides is 2. The second-order valence-electron chi connectivity index (χ2n) is 5.32. The Kier molecular flexibility index (Phi) is 6.84. The molecule has 4 nitrogen and oxygen atoms in total. The molecule has 2 N–H and O–H groups in total. The van der Waals surface area contributed by atoms with Crippen LogP contribution in [0, 0.1) is 12.7 Å². The average Bonchev–Trinajstić information content (AvgIpc) is 2.61. The van der Waals surface area contributed by atoms with Crippen LogP contribution < -0.4 is 10.6 Å².